The lowest BCUT2D eigenvalue weighted by atomic mass is 10.1. The van der Waals surface area contributed by atoms with E-state index in [9.17, 15) is 9.00 Å². The van der Waals surface area contributed by atoms with Gasteiger partial charge in [0.25, 0.3) is 5.91 Å². The first-order valence-electron chi connectivity index (χ1n) is 8.39. The van der Waals surface area contributed by atoms with Gasteiger partial charge in [-0.3, -0.25) is 14.1 Å². The molecule has 0 spiro atoms. The molecule has 1 unspecified atom stereocenters. The van der Waals surface area contributed by atoms with Gasteiger partial charge in [-0.2, -0.15) is 0 Å². The van der Waals surface area contributed by atoms with Gasteiger partial charge in [0.2, 0.25) is 5.16 Å². The molecule has 1 atom stereocenters. The third-order valence-corrected chi connectivity index (χ3v) is 5.73. The van der Waals surface area contributed by atoms with E-state index in [-0.39, 0.29) is 5.91 Å². The number of nitrogens with zero attached hydrogens (tertiary/aromatic N) is 3. The highest BCUT2D eigenvalue weighted by atomic mass is 32.2. The lowest BCUT2D eigenvalue weighted by molar-refractivity contribution is 0.0793. The number of carbonyl (C=O) groups excluding carboxylic acids is 1. The number of benzene rings is 1. The Bertz CT molecular complexity index is 761. The Hall–Kier alpha value is -2.02. The molecule has 1 aliphatic carbocycles. The lowest BCUT2D eigenvalue weighted by Gasteiger charge is -2.15. The number of rotatable bonds is 5. The number of amides is 1. The number of H-pyrrole nitrogens is 1. The van der Waals surface area contributed by atoms with Gasteiger partial charge < -0.3 is 4.90 Å². The molecule has 1 aromatic heterocycles. The van der Waals surface area contributed by atoms with Crippen molar-refractivity contribution in [3.05, 3.63) is 41.2 Å². The first-order valence-corrected chi connectivity index (χ1v) is 9.71. The van der Waals surface area contributed by atoms with Crippen LogP contribution in [0.5, 0.6) is 0 Å². The first kappa shape index (κ1) is 15.5. The largest absolute Gasteiger partial charge is 0.339 e. The highest BCUT2D eigenvalue weighted by Gasteiger charge is 2.28. The number of nitrogens with one attached hydrogen (secondary N) is 1. The van der Waals surface area contributed by atoms with Gasteiger partial charge in [-0.05, 0) is 43.4 Å². The molecule has 126 valence electrons. The highest BCUT2D eigenvalue weighted by Crippen LogP contribution is 2.37. The fourth-order valence-electron chi connectivity index (χ4n) is 2.96. The molecule has 2 heterocycles. The molecule has 0 radical (unpaired) electrons. The van der Waals surface area contributed by atoms with Crippen LogP contribution in [0.3, 0.4) is 0 Å². The van der Waals surface area contributed by atoms with Crippen LogP contribution in [0.2, 0.25) is 0 Å². The van der Waals surface area contributed by atoms with E-state index in [1.807, 2.05) is 29.2 Å². The second-order valence-electron chi connectivity index (χ2n) is 6.46. The summed E-state index contributed by atoms with van der Waals surface area (Å²) in [4.78, 5) is 18.5. The van der Waals surface area contributed by atoms with E-state index in [0.717, 1.165) is 50.2 Å². The summed E-state index contributed by atoms with van der Waals surface area (Å²) in [6.45, 7) is 1.69. The third-order valence-electron chi connectivity index (χ3n) is 4.54. The van der Waals surface area contributed by atoms with E-state index in [0.29, 0.717) is 22.4 Å². The standard InChI is InChI=1S/C17H20N4O2S/c22-16(21-9-1-2-10-21)14-5-3-12(4-6-14)11-24(23)17-18-15(19-20-17)13-7-8-13/h3-6,13H,1-2,7-11H2,(H,18,19,20). The van der Waals surface area contributed by atoms with Gasteiger partial charge in [-0.15, -0.1) is 5.10 Å². The van der Waals surface area contributed by atoms with Crippen LogP contribution in [-0.4, -0.2) is 43.3 Å². The van der Waals surface area contributed by atoms with E-state index in [1.54, 1.807) is 0 Å². The van der Waals surface area contributed by atoms with Crippen LogP contribution < -0.4 is 0 Å². The summed E-state index contributed by atoms with van der Waals surface area (Å²) in [5.74, 6) is 1.77. The molecule has 0 bridgehead atoms. The Morgan fingerprint density at radius 3 is 2.58 bits per heavy atom. The van der Waals surface area contributed by atoms with E-state index < -0.39 is 10.8 Å². The summed E-state index contributed by atoms with van der Waals surface area (Å²) in [5.41, 5.74) is 1.62. The Morgan fingerprint density at radius 1 is 1.21 bits per heavy atom. The molecule has 1 N–H and O–H groups in total. The van der Waals surface area contributed by atoms with E-state index in [1.165, 1.54) is 0 Å². The van der Waals surface area contributed by atoms with Gasteiger partial charge in [0, 0.05) is 24.6 Å². The number of hydrogen-bond donors (Lipinski definition) is 1. The second-order valence-corrected chi connectivity index (χ2v) is 7.81. The van der Waals surface area contributed by atoms with Crippen LogP contribution in [0.15, 0.2) is 29.4 Å². The fourth-order valence-corrected chi connectivity index (χ4v) is 3.93. The summed E-state index contributed by atoms with van der Waals surface area (Å²) in [6, 6.07) is 7.38. The molecule has 1 saturated carbocycles. The number of aromatic nitrogens is 3. The van der Waals surface area contributed by atoms with Gasteiger partial charge in [0.15, 0.2) is 0 Å². The smallest absolute Gasteiger partial charge is 0.253 e. The first-order chi connectivity index (χ1) is 11.7. The molecule has 1 amide bonds. The quantitative estimate of drug-likeness (QED) is 0.902. The van der Waals surface area contributed by atoms with Crippen molar-refractivity contribution in [1.29, 1.82) is 0 Å². The molecule has 2 fully saturated rings. The van der Waals surface area contributed by atoms with E-state index in [2.05, 4.69) is 15.2 Å². The van der Waals surface area contributed by atoms with E-state index >= 15 is 0 Å². The number of aromatic amines is 1. The predicted octanol–water partition coefficient (Wildman–Crippen LogP) is 2.23. The monoisotopic (exact) mass is 344 g/mol. The molecular weight excluding hydrogens is 324 g/mol. The van der Waals surface area contributed by atoms with E-state index in [4.69, 9.17) is 0 Å². The van der Waals surface area contributed by atoms with Crippen molar-refractivity contribution < 1.29 is 9.00 Å². The summed E-state index contributed by atoms with van der Waals surface area (Å²) in [7, 11) is -1.27. The van der Waals surface area contributed by atoms with Crippen LogP contribution in [0.4, 0.5) is 0 Å². The molecule has 1 saturated heterocycles. The summed E-state index contributed by atoms with van der Waals surface area (Å²) < 4.78 is 12.4. The minimum absolute atomic E-state index is 0.0863. The van der Waals surface area contributed by atoms with Crippen molar-refractivity contribution in [2.75, 3.05) is 13.1 Å². The molecule has 2 aliphatic rings. The van der Waals surface area contributed by atoms with Crippen LogP contribution in [0, 0.1) is 0 Å². The van der Waals surface area contributed by atoms with Crippen LogP contribution in [-0.2, 0) is 16.6 Å². The molecule has 2 aromatic rings. The topological polar surface area (TPSA) is 79.0 Å². The van der Waals surface area contributed by atoms with Gasteiger partial charge in [-0.25, -0.2) is 4.98 Å². The Balaban J connectivity index is 1.40. The zero-order valence-electron chi connectivity index (χ0n) is 13.4. The summed E-state index contributed by atoms with van der Waals surface area (Å²) in [6.07, 6.45) is 4.44. The molecule has 1 aliphatic heterocycles. The van der Waals surface area contributed by atoms with Crippen molar-refractivity contribution in [3.63, 3.8) is 0 Å². The van der Waals surface area contributed by atoms with Gasteiger partial charge >= 0.3 is 0 Å². The second kappa shape index (κ2) is 6.47. The van der Waals surface area contributed by atoms with Crippen molar-refractivity contribution >= 4 is 16.7 Å². The fraction of sp³-hybridized carbons (Fsp3) is 0.471. The average molecular weight is 344 g/mol. The molecular formula is C17H20N4O2S. The SMILES string of the molecule is O=C(c1ccc(CS(=O)c2n[nH]c(C3CC3)n2)cc1)N1CCCC1. The van der Waals surface area contributed by atoms with Gasteiger partial charge in [0.1, 0.15) is 5.82 Å². The Kier molecular flexibility index (Phi) is 4.18. The molecule has 24 heavy (non-hydrogen) atoms. The Labute approximate surface area is 143 Å². The van der Waals surface area contributed by atoms with Crippen molar-refractivity contribution in [1.82, 2.24) is 20.1 Å². The third kappa shape index (κ3) is 3.26. The number of carbonyl (C=O) groups is 1. The maximum absolute atomic E-state index is 12.4. The lowest BCUT2D eigenvalue weighted by Crippen LogP contribution is -2.27. The van der Waals surface area contributed by atoms with Gasteiger partial charge in [-0.1, -0.05) is 12.1 Å². The summed E-state index contributed by atoms with van der Waals surface area (Å²) in [5, 5.41) is 7.33. The maximum Gasteiger partial charge on any atom is 0.253 e. The zero-order valence-corrected chi connectivity index (χ0v) is 14.2. The van der Waals surface area contributed by atoms with Crippen LogP contribution in [0.1, 0.15) is 53.3 Å². The predicted molar refractivity (Wildman–Crippen MR) is 90.0 cm³/mol. The van der Waals surface area contributed by atoms with Crippen molar-refractivity contribution in [2.24, 2.45) is 0 Å². The summed E-state index contributed by atoms with van der Waals surface area (Å²) >= 11 is 0. The Morgan fingerprint density at radius 2 is 1.92 bits per heavy atom. The maximum atomic E-state index is 12.4. The zero-order chi connectivity index (χ0) is 16.5. The number of likely N-dealkylation sites (tertiary alicyclic amines) is 1. The average Bonchev–Trinajstić information content (AvgIpc) is 3.12. The molecule has 6 nitrogen and oxygen atoms in total. The molecule has 7 heteroatoms. The minimum atomic E-state index is -1.27. The normalized spacial score (nSPS) is 18.8. The molecule has 4 rings (SSSR count). The minimum Gasteiger partial charge on any atom is -0.339 e. The van der Waals surface area contributed by atoms with Crippen molar-refractivity contribution in [2.45, 2.75) is 42.5 Å². The highest BCUT2D eigenvalue weighted by molar-refractivity contribution is 7.84. The van der Waals surface area contributed by atoms with Crippen LogP contribution in [0.25, 0.3) is 0 Å². The number of hydrogen-bond acceptors (Lipinski definition) is 4. The van der Waals surface area contributed by atoms with Gasteiger partial charge in [0.05, 0.1) is 16.6 Å². The van der Waals surface area contributed by atoms with Crippen molar-refractivity contribution in [3.8, 4) is 0 Å². The van der Waals surface area contributed by atoms with Crippen LogP contribution >= 0.6 is 0 Å². The molecule has 1 aromatic carbocycles.